The second-order valence-corrected chi connectivity index (χ2v) is 6.94. The van der Waals surface area contributed by atoms with Crippen molar-refractivity contribution in [3.63, 3.8) is 0 Å². The van der Waals surface area contributed by atoms with Crippen LogP contribution in [0.3, 0.4) is 0 Å². The Morgan fingerprint density at radius 1 is 1.12 bits per heavy atom. The van der Waals surface area contributed by atoms with E-state index in [0.29, 0.717) is 16.4 Å². The van der Waals surface area contributed by atoms with Crippen molar-refractivity contribution in [1.82, 2.24) is 14.8 Å². The van der Waals surface area contributed by atoms with Gasteiger partial charge in [0, 0.05) is 11.4 Å². The van der Waals surface area contributed by atoms with Gasteiger partial charge in [0.25, 0.3) is 0 Å². The molecule has 0 aliphatic rings. The largest absolute Gasteiger partial charge is 0.325 e. The second kappa shape index (κ2) is 7.70. The highest BCUT2D eigenvalue weighted by molar-refractivity contribution is 7.99. The Bertz CT molecular complexity index is 937. The van der Waals surface area contributed by atoms with E-state index in [-0.39, 0.29) is 17.5 Å². The van der Waals surface area contributed by atoms with Gasteiger partial charge >= 0.3 is 0 Å². The molecule has 5 nitrogen and oxygen atoms in total. The second-order valence-electron chi connectivity index (χ2n) is 6.00. The van der Waals surface area contributed by atoms with Crippen LogP contribution < -0.4 is 5.32 Å². The molecule has 2 aromatic carbocycles. The van der Waals surface area contributed by atoms with E-state index in [9.17, 15) is 9.18 Å². The first-order valence-corrected chi connectivity index (χ1v) is 9.10. The monoisotopic (exact) mass is 370 g/mol. The number of anilines is 1. The number of nitrogens with one attached hydrogen (secondary N) is 1. The van der Waals surface area contributed by atoms with Gasteiger partial charge in [-0.1, -0.05) is 35.5 Å². The predicted molar refractivity (Wildman–Crippen MR) is 101 cm³/mol. The predicted octanol–water partition coefficient (Wildman–Crippen LogP) is 4.06. The fourth-order valence-electron chi connectivity index (χ4n) is 2.43. The molecule has 0 radical (unpaired) electrons. The van der Waals surface area contributed by atoms with Crippen molar-refractivity contribution in [1.29, 1.82) is 0 Å². The molecule has 0 aliphatic heterocycles. The van der Waals surface area contributed by atoms with Crippen molar-refractivity contribution in [2.45, 2.75) is 25.9 Å². The molecule has 0 saturated carbocycles. The Morgan fingerprint density at radius 2 is 1.85 bits per heavy atom. The zero-order valence-electron chi connectivity index (χ0n) is 14.8. The van der Waals surface area contributed by atoms with Crippen LogP contribution in [0.5, 0.6) is 0 Å². The third-order valence-corrected chi connectivity index (χ3v) is 4.80. The summed E-state index contributed by atoms with van der Waals surface area (Å²) in [6.45, 7) is 5.57. The highest BCUT2D eigenvalue weighted by Crippen LogP contribution is 2.22. The number of aromatic nitrogens is 3. The summed E-state index contributed by atoms with van der Waals surface area (Å²) >= 11 is 1.29. The number of hydrogen-bond donors (Lipinski definition) is 1. The maximum atomic E-state index is 13.6. The first kappa shape index (κ1) is 18.1. The van der Waals surface area contributed by atoms with Gasteiger partial charge in [-0.3, -0.25) is 9.36 Å². The van der Waals surface area contributed by atoms with Crippen LogP contribution in [0.1, 0.15) is 17.0 Å². The van der Waals surface area contributed by atoms with E-state index in [1.165, 1.54) is 23.4 Å². The summed E-state index contributed by atoms with van der Waals surface area (Å²) in [6, 6.07) is 12.6. The summed E-state index contributed by atoms with van der Waals surface area (Å²) in [5, 5.41) is 11.6. The summed E-state index contributed by atoms with van der Waals surface area (Å²) < 4.78 is 15.5. The summed E-state index contributed by atoms with van der Waals surface area (Å²) in [5.41, 5.74) is 3.09. The molecular formula is C19H19FN4OS. The third kappa shape index (κ3) is 4.11. The van der Waals surface area contributed by atoms with E-state index in [1.54, 1.807) is 19.1 Å². The van der Waals surface area contributed by atoms with Crippen molar-refractivity contribution in [2.24, 2.45) is 0 Å². The first-order chi connectivity index (χ1) is 12.4. The van der Waals surface area contributed by atoms with Gasteiger partial charge in [0.15, 0.2) is 5.16 Å². The van der Waals surface area contributed by atoms with Gasteiger partial charge in [-0.2, -0.15) is 0 Å². The Balaban J connectivity index is 1.69. The van der Waals surface area contributed by atoms with Gasteiger partial charge in [-0.05, 0) is 50.6 Å². The van der Waals surface area contributed by atoms with Crippen molar-refractivity contribution in [3.8, 4) is 5.69 Å². The summed E-state index contributed by atoms with van der Waals surface area (Å²) in [7, 11) is 0. The number of benzene rings is 2. The van der Waals surface area contributed by atoms with Crippen molar-refractivity contribution in [2.75, 3.05) is 11.1 Å². The molecule has 1 aromatic heterocycles. The van der Waals surface area contributed by atoms with Crippen LogP contribution in [0, 0.1) is 26.6 Å². The summed E-state index contributed by atoms with van der Waals surface area (Å²) in [4.78, 5) is 12.2. The average molecular weight is 370 g/mol. The molecule has 3 aromatic rings. The molecule has 0 bridgehead atoms. The number of aryl methyl sites for hydroxylation is 3. The SMILES string of the molecule is Cc1ccc(-n2c(C)nnc2SCC(=O)Nc2ccc(C)c(F)c2)cc1. The maximum absolute atomic E-state index is 13.6. The molecule has 134 valence electrons. The van der Waals surface area contributed by atoms with Crippen LogP contribution in [0.25, 0.3) is 5.69 Å². The van der Waals surface area contributed by atoms with E-state index in [1.807, 2.05) is 42.7 Å². The minimum absolute atomic E-state index is 0.152. The molecule has 0 saturated heterocycles. The van der Waals surface area contributed by atoms with Crippen molar-refractivity contribution >= 4 is 23.4 Å². The zero-order valence-corrected chi connectivity index (χ0v) is 15.6. The highest BCUT2D eigenvalue weighted by atomic mass is 32.2. The number of thioether (sulfide) groups is 1. The van der Waals surface area contributed by atoms with Gasteiger partial charge in [-0.25, -0.2) is 4.39 Å². The van der Waals surface area contributed by atoms with Crippen LogP contribution in [-0.2, 0) is 4.79 Å². The number of carbonyl (C=O) groups is 1. The van der Waals surface area contributed by atoms with E-state index in [0.717, 1.165) is 11.5 Å². The van der Waals surface area contributed by atoms with Crippen LogP contribution in [-0.4, -0.2) is 26.4 Å². The van der Waals surface area contributed by atoms with Gasteiger partial charge < -0.3 is 5.32 Å². The molecule has 1 amide bonds. The standard InChI is InChI=1S/C19H19FN4OS/c1-12-4-8-16(9-5-12)24-14(3)22-23-19(24)26-11-18(25)21-15-7-6-13(2)17(20)10-15/h4-10H,11H2,1-3H3,(H,21,25). The lowest BCUT2D eigenvalue weighted by Crippen LogP contribution is -2.14. The Labute approximate surface area is 155 Å². The van der Waals surface area contributed by atoms with Crippen LogP contribution >= 0.6 is 11.8 Å². The molecule has 1 heterocycles. The quantitative estimate of drug-likeness (QED) is 0.688. The topological polar surface area (TPSA) is 59.8 Å². The first-order valence-electron chi connectivity index (χ1n) is 8.12. The average Bonchev–Trinajstić information content (AvgIpc) is 2.98. The lowest BCUT2D eigenvalue weighted by molar-refractivity contribution is -0.113. The molecule has 26 heavy (non-hydrogen) atoms. The Kier molecular flexibility index (Phi) is 5.37. The molecule has 0 unspecified atom stereocenters. The van der Waals surface area contributed by atoms with Gasteiger partial charge in [0.2, 0.25) is 5.91 Å². The fourth-order valence-corrected chi connectivity index (χ4v) is 3.22. The Hall–Kier alpha value is -2.67. The number of nitrogens with zero attached hydrogens (tertiary/aromatic N) is 3. The zero-order chi connectivity index (χ0) is 18.7. The van der Waals surface area contributed by atoms with Crippen molar-refractivity contribution < 1.29 is 9.18 Å². The number of carbonyl (C=O) groups excluding carboxylic acids is 1. The minimum atomic E-state index is -0.342. The molecule has 3 rings (SSSR count). The van der Waals surface area contributed by atoms with Crippen LogP contribution in [0.2, 0.25) is 0 Å². The van der Waals surface area contributed by atoms with Crippen LogP contribution in [0.15, 0.2) is 47.6 Å². The third-order valence-electron chi connectivity index (χ3n) is 3.88. The van der Waals surface area contributed by atoms with Crippen molar-refractivity contribution in [3.05, 3.63) is 65.2 Å². The maximum Gasteiger partial charge on any atom is 0.234 e. The van der Waals surface area contributed by atoms with E-state index in [4.69, 9.17) is 0 Å². The van der Waals surface area contributed by atoms with Gasteiger partial charge in [-0.15, -0.1) is 10.2 Å². The number of hydrogen-bond acceptors (Lipinski definition) is 4. The number of halogens is 1. The molecule has 0 spiro atoms. The number of rotatable bonds is 5. The lowest BCUT2D eigenvalue weighted by Gasteiger charge is -2.09. The highest BCUT2D eigenvalue weighted by Gasteiger charge is 2.13. The van der Waals surface area contributed by atoms with Crippen LogP contribution in [0.4, 0.5) is 10.1 Å². The van der Waals surface area contributed by atoms with E-state index >= 15 is 0 Å². The molecule has 0 atom stereocenters. The molecule has 7 heteroatoms. The smallest absolute Gasteiger partial charge is 0.234 e. The normalized spacial score (nSPS) is 10.8. The molecule has 1 N–H and O–H groups in total. The fraction of sp³-hybridized carbons (Fsp3) is 0.211. The van der Waals surface area contributed by atoms with Gasteiger partial charge in [0.1, 0.15) is 11.6 Å². The summed E-state index contributed by atoms with van der Waals surface area (Å²) in [6.07, 6.45) is 0. The number of amides is 1. The molecule has 0 fully saturated rings. The van der Waals surface area contributed by atoms with Gasteiger partial charge in [0.05, 0.1) is 5.75 Å². The lowest BCUT2D eigenvalue weighted by atomic mass is 10.2. The molecule has 0 aliphatic carbocycles. The molecular weight excluding hydrogens is 351 g/mol. The van der Waals surface area contributed by atoms with E-state index < -0.39 is 0 Å². The summed E-state index contributed by atoms with van der Waals surface area (Å²) in [5.74, 6) is 0.330. The Morgan fingerprint density at radius 3 is 2.54 bits per heavy atom. The minimum Gasteiger partial charge on any atom is -0.325 e. The van der Waals surface area contributed by atoms with E-state index in [2.05, 4.69) is 15.5 Å².